The number of anilines is 1. The molecule has 0 radical (unpaired) electrons. The molecule has 0 aromatic heterocycles. The van der Waals surface area contributed by atoms with Crippen molar-refractivity contribution in [3.8, 4) is 0 Å². The van der Waals surface area contributed by atoms with E-state index in [1.54, 1.807) is 17.0 Å². The van der Waals surface area contributed by atoms with Crippen LogP contribution in [0.2, 0.25) is 0 Å². The van der Waals surface area contributed by atoms with Crippen LogP contribution in [0.5, 0.6) is 0 Å². The van der Waals surface area contributed by atoms with Gasteiger partial charge in [-0.25, -0.2) is 9.18 Å². The summed E-state index contributed by atoms with van der Waals surface area (Å²) < 4.78 is 19.9. The molecule has 1 saturated heterocycles. The minimum absolute atomic E-state index is 0.248. The van der Waals surface area contributed by atoms with Gasteiger partial charge < -0.3 is 15.0 Å². The SMILES string of the molecule is CC(C)(C)OC(=O)N1CCC(CNc2cc(Br)ccc2F)CC1. The molecule has 0 bridgehead atoms. The summed E-state index contributed by atoms with van der Waals surface area (Å²) in [5, 5.41) is 3.17. The van der Waals surface area contributed by atoms with Gasteiger partial charge in [-0.05, 0) is 57.7 Å². The fourth-order valence-electron chi connectivity index (χ4n) is 2.53. The quantitative estimate of drug-likeness (QED) is 0.821. The van der Waals surface area contributed by atoms with Crippen LogP contribution in [-0.2, 0) is 4.74 Å². The predicted octanol–water partition coefficient (Wildman–Crippen LogP) is 4.65. The lowest BCUT2D eigenvalue weighted by molar-refractivity contribution is 0.0188. The number of nitrogens with zero attached hydrogens (tertiary/aromatic N) is 1. The molecule has 23 heavy (non-hydrogen) atoms. The number of hydrogen-bond donors (Lipinski definition) is 1. The van der Waals surface area contributed by atoms with E-state index in [1.165, 1.54) is 6.07 Å². The van der Waals surface area contributed by atoms with Gasteiger partial charge in [-0.3, -0.25) is 0 Å². The van der Waals surface area contributed by atoms with Crippen molar-refractivity contribution >= 4 is 27.7 Å². The second kappa shape index (κ2) is 7.51. The number of amides is 1. The fourth-order valence-corrected chi connectivity index (χ4v) is 2.89. The Morgan fingerprint density at radius 3 is 2.65 bits per heavy atom. The zero-order valence-electron chi connectivity index (χ0n) is 13.9. The van der Waals surface area contributed by atoms with Gasteiger partial charge in [0.2, 0.25) is 0 Å². The monoisotopic (exact) mass is 386 g/mol. The summed E-state index contributed by atoms with van der Waals surface area (Å²) in [6.07, 6.45) is 1.53. The third-order valence-electron chi connectivity index (χ3n) is 3.78. The van der Waals surface area contributed by atoms with Crippen LogP contribution < -0.4 is 5.32 Å². The Labute approximate surface area is 145 Å². The van der Waals surface area contributed by atoms with Gasteiger partial charge in [0.25, 0.3) is 0 Å². The summed E-state index contributed by atoms with van der Waals surface area (Å²) in [6, 6.07) is 4.86. The highest BCUT2D eigenvalue weighted by atomic mass is 79.9. The van der Waals surface area contributed by atoms with Gasteiger partial charge in [-0.1, -0.05) is 15.9 Å². The van der Waals surface area contributed by atoms with Crippen molar-refractivity contribution in [2.45, 2.75) is 39.2 Å². The van der Waals surface area contributed by atoms with E-state index in [-0.39, 0.29) is 11.9 Å². The van der Waals surface area contributed by atoms with Crippen LogP contribution in [-0.4, -0.2) is 36.2 Å². The van der Waals surface area contributed by atoms with Crippen molar-refractivity contribution in [1.29, 1.82) is 0 Å². The molecule has 0 saturated carbocycles. The van der Waals surface area contributed by atoms with Crippen molar-refractivity contribution in [3.05, 3.63) is 28.5 Å². The van der Waals surface area contributed by atoms with E-state index in [2.05, 4.69) is 21.2 Å². The van der Waals surface area contributed by atoms with Crippen LogP contribution in [0.15, 0.2) is 22.7 Å². The second-order valence-electron chi connectivity index (χ2n) is 6.92. The normalized spacial score (nSPS) is 16.3. The lowest BCUT2D eigenvalue weighted by Crippen LogP contribution is -2.42. The molecule has 1 aliphatic heterocycles. The zero-order chi connectivity index (χ0) is 17.0. The molecule has 0 unspecified atom stereocenters. The van der Waals surface area contributed by atoms with E-state index in [4.69, 9.17) is 4.74 Å². The molecular formula is C17H24BrFN2O2. The molecule has 1 aromatic carbocycles. The van der Waals surface area contributed by atoms with Gasteiger partial charge in [-0.2, -0.15) is 0 Å². The summed E-state index contributed by atoms with van der Waals surface area (Å²) in [7, 11) is 0. The number of benzene rings is 1. The average Bonchev–Trinajstić information content (AvgIpc) is 2.47. The number of nitrogens with one attached hydrogen (secondary N) is 1. The molecule has 0 spiro atoms. The van der Waals surface area contributed by atoms with E-state index in [0.29, 0.717) is 31.2 Å². The van der Waals surface area contributed by atoms with Crippen molar-refractivity contribution in [2.24, 2.45) is 5.92 Å². The number of halogens is 2. The molecule has 1 amide bonds. The van der Waals surface area contributed by atoms with Crippen LogP contribution in [0.4, 0.5) is 14.9 Å². The highest BCUT2D eigenvalue weighted by Gasteiger charge is 2.26. The molecule has 128 valence electrons. The van der Waals surface area contributed by atoms with E-state index < -0.39 is 5.60 Å². The smallest absolute Gasteiger partial charge is 0.410 e. The van der Waals surface area contributed by atoms with Gasteiger partial charge >= 0.3 is 6.09 Å². The molecule has 0 aliphatic carbocycles. The van der Waals surface area contributed by atoms with E-state index in [9.17, 15) is 9.18 Å². The van der Waals surface area contributed by atoms with Gasteiger partial charge in [0.15, 0.2) is 0 Å². The molecule has 1 aromatic rings. The maximum Gasteiger partial charge on any atom is 0.410 e. The first-order valence-corrected chi connectivity index (χ1v) is 8.71. The molecule has 1 N–H and O–H groups in total. The second-order valence-corrected chi connectivity index (χ2v) is 7.83. The maximum absolute atomic E-state index is 13.7. The first-order chi connectivity index (χ1) is 10.7. The lowest BCUT2D eigenvalue weighted by atomic mass is 9.97. The number of hydrogen-bond acceptors (Lipinski definition) is 3. The summed E-state index contributed by atoms with van der Waals surface area (Å²) in [6.45, 7) is 7.68. The van der Waals surface area contributed by atoms with E-state index in [0.717, 1.165) is 17.3 Å². The van der Waals surface area contributed by atoms with Gasteiger partial charge in [0.1, 0.15) is 11.4 Å². The van der Waals surface area contributed by atoms with Crippen molar-refractivity contribution in [3.63, 3.8) is 0 Å². The molecule has 2 rings (SSSR count). The molecule has 1 fully saturated rings. The van der Waals surface area contributed by atoms with Crippen LogP contribution >= 0.6 is 15.9 Å². The Morgan fingerprint density at radius 1 is 1.39 bits per heavy atom. The summed E-state index contributed by atoms with van der Waals surface area (Å²) >= 11 is 3.35. The minimum Gasteiger partial charge on any atom is -0.444 e. The number of piperidine rings is 1. The summed E-state index contributed by atoms with van der Waals surface area (Å²) in [5.41, 5.74) is 0.0437. The highest BCUT2D eigenvalue weighted by molar-refractivity contribution is 9.10. The van der Waals surface area contributed by atoms with Crippen LogP contribution in [0.3, 0.4) is 0 Å². The van der Waals surface area contributed by atoms with Crippen LogP contribution in [0.25, 0.3) is 0 Å². The molecule has 4 nitrogen and oxygen atoms in total. The van der Waals surface area contributed by atoms with Gasteiger partial charge in [-0.15, -0.1) is 0 Å². The maximum atomic E-state index is 13.7. The Balaban J connectivity index is 1.79. The van der Waals surface area contributed by atoms with E-state index >= 15 is 0 Å². The predicted molar refractivity (Wildman–Crippen MR) is 93.1 cm³/mol. The summed E-state index contributed by atoms with van der Waals surface area (Å²) in [5.74, 6) is 0.173. The zero-order valence-corrected chi connectivity index (χ0v) is 15.5. The largest absolute Gasteiger partial charge is 0.444 e. The first kappa shape index (κ1) is 18.0. The molecule has 6 heteroatoms. The van der Waals surface area contributed by atoms with Gasteiger partial charge in [0.05, 0.1) is 5.69 Å². The Morgan fingerprint density at radius 2 is 2.04 bits per heavy atom. The number of carbonyl (C=O) groups is 1. The Hall–Kier alpha value is -1.30. The number of rotatable bonds is 3. The standard InChI is InChI=1S/C17H24BrFN2O2/c1-17(2,3)23-16(22)21-8-6-12(7-9-21)11-20-15-10-13(18)4-5-14(15)19/h4-5,10,12,20H,6-9,11H2,1-3H3. The fraction of sp³-hybridized carbons (Fsp3) is 0.588. The van der Waals surface area contributed by atoms with Crippen LogP contribution in [0, 0.1) is 11.7 Å². The molecule has 1 heterocycles. The van der Waals surface area contributed by atoms with Gasteiger partial charge in [0, 0.05) is 24.1 Å². The third-order valence-corrected chi connectivity index (χ3v) is 4.27. The molecular weight excluding hydrogens is 363 g/mol. The third kappa shape index (κ3) is 5.68. The summed E-state index contributed by atoms with van der Waals surface area (Å²) in [4.78, 5) is 13.8. The Bertz CT molecular complexity index is 552. The first-order valence-electron chi connectivity index (χ1n) is 7.91. The lowest BCUT2D eigenvalue weighted by Gasteiger charge is -2.33. The topological polar surface area (TPSA) is 41.6 Å². The van der Waals surface area contributed by atoms with Crippen molar-refractivity contribution in [1.82, 2.24) is 4.90 Å². The number of ether oxygens (including phenoxy) is 1. The number of likely N-dealkylation sites (tertiary alicyclic amines) is 1. The van der Waals surface area contributed by atoms with Crippen molar-refractivity contribution < 1.29 is 13.9 Å². The molecule has 1 aliphatic rings. The Kier molecular flexibility index (Phi) is 5.89. The highest BCUT2D eigenvalue weighted by Crippen LogP contribution is 2.23. The average molecular weight is 387 g/mol. The van der Waals surface area contributed by atoms with E-state index in [1.807, 2.05) is 20.8 Å². The number of carbonyl (C=O) groups excluding carboxylic acids is 1. The van der Waals surface area contributed by atoms with Crippen molar-refractivity contribution in [2.75, 3.05) is 25.0 Å². The minimum atomic E-state index is -0.465. The molecule has 0 atom stereocenters. The van der Waals surface area contributed by atoms with Crippen LogP contribution in [0.1, 0.15) is 33.6 Å².